The van der Waals surface area contributed by atoms with Crippen LogP contribution in [0.5, 0.6) is 0 Å². The van der Waals surface area contributed by atoms with Crippen molar-refractivity contribution in [2.24, 2.45) is 0 Å². The molecule has 0 fully saturated rings. The van der Waals surface area contributed by atoms with E-state index in [1.807, 2.05) is 0 Å². The van der Waals surface area contributed by atoms with Crippen molar-refractivity contribution in [1.29, 1.82) is 0 Å². The molecule has 0 aliphatic heterocycles. The van der Waals surface area contributed by atoms with Crippen LogP contribution >= 0.6 is 15.6 Å². The molecule has 0 radical (unpaired) electrons. The van der Waals surface area contributed by atoms with E-state index < -0.39 is 15.6 Å². The normalized spacial score (nSPS) is 9.54. The fourth-order valence-corrected chi connectivity index (χ4v) is 1.25. The van der Waals surface area contributed by atoms with Crippen LogP contribution in [0, 0.1) is 0 Å². The maximum absolute atomic E-state index is 9.63. The van der Waals surface area contributed by atoms with Crippen LogP contribution in [0.4, 0.5) is 0 Å². The van der Waals surface area contributed by atoms with Crippen LogP contribution in [0.2, 0.25) is 0 Å². The van der Waals surface area contributed by atoms with Crippen LogP contribution in [0.3, 0.4) is 0 Å². The van der Waals surface area contributed by atoms with E-state index in [1.54, 1.807) is 0 Å². The first kappa shape index (κ1) is 30.4. The maximum Gasteiger partial charge on any atom is 2.00 e. The Kier molecular flexibility index (Phi) is 29.8. The van der Waals surface area contributed by atoms with Crippen LogP contribution in [-0.2, 0) is 13.4 Å². The van der Waals surface area contributed by atoms with Crippen molar-refractivity contribution in [2.45, 2.75) is 0 Å². The van der Waals surface area contributed by atoms with Crippen molar-refractivity contribution in [3.05, 3.63) is 0 Å². The molecular formula is H12Ca2Mg2O7P2. The standard InChI is InChI=1S/2Ca.2Mg.H4O7P2.8H/c;;;;1-8(2,3)7-9(4,5)6;;;;;;;;/h;;;;(H2,1,2,3)(H2,4,5,6);;;;;;;;/q4*+2;;8*-1. The molecule has 0 heterocycles. The molecule has 0 unspecified atom stereocenters. The molecule has 0 aromatic rings. The quantitative estimate of drug-likeness (QED) is 0.363. The molecule has 72 valence electrons. The summed E-state index contributed by atoms with van der Waals surface area (Å²) in [4.78, 5) is 31.0. The third-order valence-corrected chi connectivity index (χ3v) is 1.91. The van der Waals surface area contributed by atoms with Crippen LogP contribution in [0.15, 0.2) is 0 Å². The summed E-state index contributed by atoms with van der Waals surface area (Å²) in [7, 11) is -10.1. The van der Waals surface area contributed by atoms with Crippen LogP contribution in [-0.4, -0.2) is 141 Å². The molecule has 0 aliphatic rings. The minimum atomic E-state index is -5.05. The van der Waals surface area contributed by atoms with Crippen molar-refractivity contribution < 1.29 is 44.4 Å². The summed E-state index contributed by atoms with van der Waals surface area (Å²) in [5, 5.41) is 0. The third-order valence-electron chi connectivity index (χ3n) is 0.213. The molecule has 13 heavy (non-hydrogen) atoms. The van der Waals surface area contributed by atoms with Gasteiger partial charge in [-0.2, -0.15) is 4.31 Å². The zero-order valence-electron chi connectivity index (χ0n) is 14.7. The van der Waals surface area contributed by atoms with Gasteiger partial charge in [0.15, 0.2) is 0 Å². The van der Waals surface area contributed by atoms with Gasteiger partial charge >= 0.3 is 137 Å². The van der Waals surface area contributed by atoms with Crippen molar-refractivity contribution >= 4 is 137 Å². The zero-order chi connectivity index (χ0) is 7.71. The molecule has 0 amide bonds. The minimum absolute atomic E-state index is 0. The fourth-order valence-electron chi connectivity index (χ4n) is 0.139. The Morgan fingerprint density at radius 2 is 1.00 bits per heavy atom. The van der Waals surface area contributed by atoms with Gasteiger partial charge in [-0.3, -0.25) is 0 Å². The van der Waals surface area contributed by atoms with Crippen molar-refractivity contribution in [3.63, 3.8) is 0 Å². The summed E-state index contributed by atoms with van der Waals surface area (Å²) in [5.41, 5.74) is 0. The number of hydrogen-bond acceptors (Lipinski definition) is 3. The van der Waals surface area contributed by atoms with Crippen LogP contribution in [0.25, 0.3) is 0 Å². The molecule has 7 nitrogen and oxygen atoms in total. The average Bonchev–Trinajstić information content (AvgIpc) is 1.14. The summed E-state index contributed by atoms with van der Waals surface area (Å²) >= 11 is 0. The van der Waals surface area contributed by atoms with E-state index in [0.29, 0.717) is 0 Å². The molecule has 0 atom stereocenters. The Labute approximate surface area is 178 Å². The summed E-state index contributed by atoms with van der Waals surface area (Å²) in [5.74, 6) is 0. The van der Waals surface area contributed by atoms with Gasteiger partial charge in [-0.1, -0.05) is 0 Å². The molecule has 0 spiro atoms. The number of phosphoric acid groups is 2. The summed E-state index contributed by atoms with van der Waals surface area (Å²) in [6.45, 7) is 0. The van der Waals surface area contributed by atoms with Gasteiger partial charge in [0, 0.05) is 0 Å². The van der Waals surface area contributed by atoms with Gasteiger partial charge in [-0.05, 0) is 0 Å². The monoisotopic (exact) mass is 314 g/mol. The first-order valence-electron chi connectivity index (χ1n) is 1.53. The smallest absolute Gasteiger partial charge is 1.00 e. The topological polar surface area (TPSA) is 124 Å². The summed E-state index contributed by atoms with van der Waals surface area (Å²) < 4.78 is 22.2. The molecule has 0 aliphatic carbocycles. The summed E-state index contributed by atoms with van der Waals surface area (Å²) in [6.07, 6.45) is 0. The molecule has 0 bridgehead atoms. The maximum atomic E-state index is 9.63. The molecule has 0 aromatic carbocycles. The number of hydrogen-bond donors (Lipinski definition) is 4. The van der Waals surface area contributed by atoms with Gasteiger partial charge in [0.05, 0.1) is 0 Å². The molecule has 0 aromatic heterocycles. The van der Waals surface area contributed by atoms with E-state index in [9.17, 15) is 9.13 Å². The van der Waals surface area contributed by atoms with E-state index in [1.165, 1.54) is 0 Å². The van der Waals surface area contributed by atoms with Gasteiger partial charge < -0.3 is 31.0 Å². The van der Waals surface area contributed by atoms with Gasteiger partial charge in [-0.15, -0.1) is 0 Å². The average molecular weight is 315 g/mol. The fraction of sp³-hybridized carbons (Fsp3) is 0. The van der Waals surface area contributed by atoms with Gasteiger partial charge in [0.1, 0.15) is 0 Å². The molecule has 0 saturated carbocycles. The Bertz CT molecular complexity index is 183. The van der Waals surface area contributed by atoms with Crippen molar-refractivity contribution in [1.82, 2.24) is 0 Å². The molecular weight excluding hydrogens is 303 g/mol. The zero-order valence-corrected chi connectivity index (χ0v) is 15.8. The van der Waals surface area contributed by atoms with E-state index in [4.69, 9.17) is 19.6 Å². The van der Waals surface area contributed by atoms with Crippen LogP contribution < -0.4 is 0 Å². The first-order chi connectivity index (χ1) is 3.71. The number of rotatable bonds is 2. The second-order valence-corrected chi connectivity index (χ2v) is 3.68. The second kappa shape index (κ2) is 12.8. The Hall–Kier alpha value is 4.31. The predicted molar refractivity (Wildman–Crippen MR) is 57.1 cm³/mol. The van der Waals surface area contributed by atoms with Gasteiger partial charge in [0.2, 0.25) is 0 Å². The van der Waals surface area contributed by atoms with E-state index in [2.05, 4.69) is 4.31 Å². The van der Waals surface area contributed by atoms with E-state index >= 15 is 0 Å². The molecule has 4 N–H and O–H groups in total. The first-order valence-corrected chi connectivity index (χ1v) is 4.59. The second-order valence-electron chi connectivity index (χ2n) is 1.06. The largest absolute Gasteiger partial charge is 2.00 e. The molecule has 0 rings (SSSR count). The predicted octanol–water partition coefficient (Wildman–Crippen LogP) is -1.43. The molecule has 0 saturated heterocycles. The van der Waals surface area contributed by atoms with E-state index in [-0.39, 0.29) is 133 Å². The Morgan fingerprint density at radius 1 is 0.846 bits per heavy atom. The van der Waals surface area contributed by atoms with Crippen molar-refractivity contribution in [2.75, 3.05) is 0 Å². The van der Waals surface area contributed by atoms with Crippen molar-refractivity contribution in [3.8, 4) is 0 Å². The third kappa shape index (κ3) is 31.4. The minimum Gasteiger partial charge on any atom is -1.00 e. The van der Waals surface area contributed by atoms with Crippen LogP contribution in [0.1, 0.15) is 11.4 Å². The SMILES string of the molecule is O=P(O)(O)OP(=O)(O)O.[Ca+2].[Ca+2].[H-].[H-].[H-].[H-].[H-].[H-].[H-].[H-].[Mg+2].[Mg+2]. The Balaban J connectivity index is -0.00000000485. The van der Waals surface area contributed by atoms with Gasteiger partial charge in [0.25, 0.3) is 0 Å². The van der Waals surface area contributed by atoms with E-state index in [0.717, 1.165) is 0 Å². The summed E-state index contributed by atoms with van der Waals surface area (Å²) in [6, 6.07) is 0. The Morgan fingerprint density at radius 3 is 1.00 bits per heavy atom. The van der Waals surface area contributed by atoms with Gasteiger partial charge in [-0.25, -0.2) is 9.13 Å². The molecule has 13 heteroatoms.